The Morgan fingerprint density at radius 1 is 1.41 bits per heavy atom. The number of rotatable bonds is 4. The van der Waals surface area contributed by atoms with Crippen molar-refractivity contribution in [1.29, 1.82) is 5.26 Å². The molecule has 0 N–H and O–H groups in total. The first-order valence-electron chi connectivity index (χ1n) is 7.14. The summed E-state index contributed by atoms with van der Waals surface area (Å²) in [5, 5.41) is 9.33. The topological polar surface area (TPSA) is 70.4 Å². The first-order valence-corrected chi connectivity index (χ1v) is 7.52. The summed E-state index contributed by atoms with van der Waals surface area (Å²) in [5.41, 5.74) is 0.605. The van der Waals surface area contributed by atoms with Crippen molar-refractivity contribution in [1.82, 2.24) is 4.90 Å². The highest BCUT2D eigenvalue weighted by Crippen LogP contribution is 2.26. The van der Waals surface area contributed by atoms with Crippen LogP contribution in [-0.2, 0) is 9.53 Å². The number of amides is 1. The maximum Gasteiger partial charge on any atom is 0.325 e. The van der Waals surface area contributed by atoms with Gasteiger partial charge in [-0.15, -0.1) is 0 Å². The van der Waals surface area contributed by atoms with E-state index in [1.165, 1.54) is 19.2 Å². The molecule has 0 atom stereocenters. The maximum atomic E-state index is 12.7. The van der Waals surface area contributed by atoms with Crippen LogP contribution in [0.3, 0.4) is 0 Å². The van der Waals surface area contributed by atoms with Gasteiger partial charge >= 0.3 is 5.97 Å². The molecule has 1 saturated carbocycles. The summed E-state index contributed by atoms with van der Waals surface area (Å²) in [6, 6.07) is 6.55. The third kappa shape index (κ3) is 3.58. The quantitative estimate of drug-likeness (QED) is 0.800. The van der Waals surface area contributed by atoms with Crippen LogP contribution in [0.5, 0.6) is 0 Å². The summed E-state index contributed by atoms with van der Waals surface area (Å²) in [5.74, 6) is -0.722. The number of halogens is 1. The first-order chi connectivity index (χ1) is 10.6. The van der Waals surface area contributed by atoms with Crippen LogP contribution in [-0.4, -0.2) is 36.5 Å². The molecule has 0 heterocycles. The maximum absolute atomic E-state index is 12.7. The third-order valence-electron chi connectivity index (χ3n) is 3.89. The lowest BCUT2D eigenvalue weighted by Crippen LogP contribution is -2.42. The highest BCUT2D eigenvalue weighted by atomic mass is 35.5. The van der Waals surface area contributed by atoms with Crippen LogP contribution in [0.1, 0.15) is 41.6 Å². The van der Waals surface area contributed by atoms with Gasteiger partial charge in [0.2, 0.25) is 0 Å². The van der Waals surface area contributed by atoms with Crippen LogP contribution in [0, 0.1) is 11.3 Å². The van der Waals surface area contributed by atoms with Crippen molar-refractivity contribution in [3.8, 4) is 6.07 Å². The van der Waals surface area contributed by atoms with Crippen molar-refractivity contribution >= 4 is 23.5 Å². The van der Waals surface area contributed by atoms with Gasteiger partial charge in [0.1, 0.15) is 12.6 Å². The number of hydrogen-bond donors (Lipinski definition) is 0. The Morgan fingerprint density at radius 2 is 2.09 bits per heavy atom. The van der Waals surface area contributed by atoms with Crippen LogP contribution in [0.2, 0.25) is 5.02 Å². The van der Waals surface area contributed by atoms with Crippen molar-refractivity contribution in [2.45, 2.75) is 31.7 Å². The fourth-order valence-corrected chi connectivity index (χ4v) is 2.86. The Balaban J connectivity index is 2.28. The minimum atomic E-state index is -0.449. The lowest BCUT2D eigenvalue weighted by molar-refractivity contribution is -0.141. The minimum Gasteiger partial charge on any atom is -0.468 e. The van der Waals surface area contributed by atoms with Gasteiger partial charge in [-0.1, -0.05) is 24.4 Å². The van der Waals surface area contributed by atoms with Gasteiger partial charge in [0.15, 0.2) is 0 Å². The number of carbonyl (C=O) groups is 2. The molecule has 1 aliphatic carbocycles. The fraction of sp³-hybridized carbons (Fsp3) is 0.438. The van der Waals surface area contributed by atoms with Gasteiger partial charge in [0.05, 0.1) is 17.7 Å². The molecule has 1 amide bonds. The zero-order valence-electron chi connectivity index (χ0n) is 12.3. The van der Waals surface area contributed by atoms with Gasteiger partial charge in [-0.05, 0) is 31.0 Å². The molecule has 0 aliphatic heterocycles. The van der Waals surface area contributed by atoms with E-state index in [9.17, 15) is 9.59 Å². The van der Waals surface area contributed by atoms with Crippen LogP contribution in [0.25, 0.3) is 0 Å². The molecule has 1 aliphatic rings. The number of methoxy groups -OCH3 is 1. The molecular weight excluding hydrogens is 304 g/mol. The summed E-state index contributed by atoms with van der Waals surface area (Å²) >= 11 is 5.89. The molecule has 0 unspecified atom stereocenters. The SMILES string of the molecule is COC(=O)CN(C(=O)c1ccc(Cl)c(C#N)c1)C1CCCC1. The van der Waals surface area contributed by atoms with E-state index in [1.807, 2.05) is 6.07 Å². The predicted molar refractivity (Wildman–Crippen MR) is 81.5 cm³/mol. The molecule has 0 bridgehead atoms. The lowest BCUT2D eigenvalue weighted by Gasteiger charge is -2.28. The van der Waals surface area contributed by atoms with Gasteiger partial charge in [0, 0.05) is 11.6 Å². The van der Waals surface area contributed by atoms with E-state index in [1.54, 1.807) is 11.0 Å². The molecule has 0 saturated heterocycles. The van der Waals surface area contributed by atoms with Crippen molar-refractivity contribution < 1.29 is 14.3 Å². The Hall–Kier alpha value is -2.06. The number of nitrogens with zero attached hydrogens (tertiary/aromatic N) is 2. The van der Waals surface area contributed by atoms with Crippen LogP contribution in [0.15, 0.2) is 18.2 Å². The lowest BCUT2D eigenvalue weighted by atomic mass is 10.1. The highest BCUT2D eigenvalue weighted by molar-refractivity contribution is 6.31. The summed E-state index contributed by atoms with van der Waals surface area (Å²) in [7, 11) is 1.30. The van der Waals surface area contributed by atoms with E-state index < -0.39 is 5.97 Å². The zero-order chi connectivity index (χ0) is 16.1. The molecule has 5 nitrogen and oxygen atoms in total. The van der Waals surface area contributed by atoms with Gasteiger partial charge in [0.25, 0.3) is 5.91 Å². The van der Waals surface area contributed by atoms with E-state index in [0.717, 1.165) is 25.7 Å². The minimum absolute atomic E-state index is 0.0350. The van der Waals surface area contributed by atoms with E-state index in [4.69, 9.17) is 16.9 Å². The molecule has 0 spiro atoms. The largest absolute Gasteiger partial charge is 0.468 e. The summed E-state index contributed by atoms with van der Waals surface area (Å²) in [4.78, 5) is 25.9. The summed E-state index contributed by atoms with van der Waals surface area (Å²) in [6.07, 6.45) is 3.84. The van der Waals surface area contributed by atoms with Gasteiger partial charge in [-0.3, -0.25) is 9.59 Å². The zero-order valence-corrected chi connectivity index (χ0v) is 13.1. The average molecular weight is 321 g/mol. The number of esters is 1. The van der Waals surface area contributed by atoms with Crippen molar-refractivity contribution in [3.63, 3.8) is 0 Å². The Kier molecular flexibility index (Phi) is 5.40. The van der Waals surface area contributed by atoms with E-state index in [-0.39, 0.29) is 24.1 Å². The Bertz CT molecular complexity index is 618. The molecule has 22 heavy (non-hydrogen) atoms. The Labute approximate surface area is 134 Å². The average Bonchev–Trinajstić information content (AvgIpc) is 3.06. The molecule has 0 radical (unpaired) electrons. The molecule has 2 rings (SSSR count). The summed E-state index contributed by atoms with van der Waals surface area (Å²) < 4.78 is 4.68. The third-order valence-corrected chi connectivity index (χ3v) is 4.22. The van der Waals surface area contributed by atoms with E-state index in [0.29, 0.717) is 10.6 Å². The van der Waals surface area contributed by atoms with E-state index >= 15 is 0 Å². The molecule has 1 aromatic rings. The van der Waals surface area contributed by atoms with Crippen LogP contribution >= 0.6 is 11.6 Å². The molecule has 1 aromatic carbocycles. The number of benzene rings is 1. The normalized spacial score (nSPS) is 14.4. The van der Waals surface area contributed by atoms with Gasteiger partial charge < -0.3 is 9.64 Å². The highest BCUT2D eigenvalue weighted by Gasteiger charge is 2.29. The molecule has 116 valence electrons. The van der Waals surface area contributed by atoms with Crippen LogP contribution in [0.4, 0.5) is 0 Å². The van der Waals surface area contributed by atoms with Crippen molar-refractivity contribution in [2.24, 2.45) is 0 Å². The first kappa shape index (κ1) is 16.3. The second-order valence-electron chi connectivity index (χ2n) is 5.25. The predicted octanol–water partition coefficient (Wildman–Crippen LogP) is 2.77. The number of ether oxygens (including phenoxy) is 1. The second-order valence-corrected chi connectivity index (χ2v) is 5.66. The monoisotopic (exact) mass is 320 g/mol. The molecule has 0 aromatic heterocycles. The molecule has 6 heteroatoms. The number of hydrogen-bond acceptors (Lipinski definition) is 4. The fourth-order valence-electron chi connectivity index (χ4n) is 2.70. The number of nitriles is 1. The van der Waals surface area contributed by atoms with Crippen LogP contribution < -0.4 is 0 Å². The van der Waals surface area contributed by atoms with Gasteiger partial charge in [-0.2, -0.15) is 5.26 Å². The summed E-state index contributed by atoms with van der Waals surface area (Å²) in [6.45, 7) is -0.0789. The second kappa shape index (κ2) is 7.28. The van der Waals surface area contributed by atoms with Crippen molar-refractivity contribution in [3.05, 3.63) is 34.3 Å². The number of carbonyl (C=O) groups excluding carboxylic acids is 2. The van der Waals surface area contributed by atoms with E-state index in [2.05, 4.69) is 4.74 Å². The molecule has 1 fully saturated rings. The molecular formula is C16H17ClN2O3. The standard InChI is InChI=1S/C16H17ClN2O3/c1-22-15(20)10-19(13-4-2-3-5-13)16(21)11-6-7-14(17)12(8-11)9-18/h6-8,13H,2-5,10H2,1H3. The van der Waals surface area contributed by atoms with Crippen molar-refractivity contribution in [2.75, 3.05) is 13.7 Å². The van der Waals surface area contributed by atoms with Gasteiger partial charge in [-0.25, -0.2) is 0 Å². The smallest absolute Gasteiger partial charge is 0.325 e. The Morgan fingerprint density at radius 3 is 2.68 bits per heavy atom.